The van der Waals surface area contributed by atoms with Gasteiger partial charge in [-0.1, -0.05) is 23.3 Å². The maximum atomic E-state index is 10.5. The molecule has 0 saturated heterocycles. The molecule has 0 aromatic heterocycles. The van der Waals surface area contributed by atoms with Crippen LogP contribution in [0.3, 0.4) is 0 Å². The lowest BCUT2D eigenvalue weighted by molar-refractivity contribution is -0.0332. The molecule has 0 heterocycles. The van der Waals surface area contributed by atoms with Gasteiger partial charge in [0.15, 0.2) is 0 Å². The van der Waals surface area contributed by atoms with Crippen molar-refractivity contribution in [3.05, 3.63) is 40.3 Å². The third kappa shape index (κ3) is 9.93. The van der Waals surface area contributed by atoms with Crippen molar-refractivity contribution in [1.29, 1.82) is 0 Å². The lowest BCUT2D eigenvalue weighted by atomic mass is 9.93. The van der Waals surface area contributed by atoms with E-state index in [1.165, 1.54) is 12.1 Å². The number of carboxylic acid groups (broad SMARTS) is 1. The highest BCUT2D eigenvalue weighted by molar-refractivity contribution is 5.93. The summed E-state index contributed by atoms with van der Waals surface area (Å²) < 4.78 is 0. The smallest absolute Gasteiger partial charge is 0.336 e. The van der Waals surface area contributed by atoms with Crippen molar-refractivity contribution < 1.29 is 50.8 Å². The average molecular weight is 435 g/mol. The molecule has 172 valence electrons. The number of benzene rings is 1. The second-order valence-corrected chi connectivity index (χ2v) is 6.28. The zero-order chi connectivity index (χ0) is 23.6. The van der Waals surface area contributed by atoms with Crippen LogP contribution < -0.4 is 0 Å². The molecule has 13 nitrogen and oxygen atoms in total. The Balaban J connectivity index is 0. The molecule has 1 aromatic rings. The van der Waals surface area contributed by atoms with E-state index in [2.05, 4.69) is 10.0 Å². The second-order valence-electron chi connectivity index (χ2n) is 6.28. The minimum Gasteiger partial charge on any atom is -0.478 e. The van der Waals surface area contributed by atoms with Crippen molar-refractivity contribution in [2.24, 2.45) is 15.9 Å². The summed E-state index contributed by atoms with van der Waals surface area (Å²) in [5.74, 6) is -1.10. The molecule has 0 aliphatic heterocycles. The molecule has 13 heteroatoms. The van der Waals surface area contributed by atoms with E-state index < -0.39 is 69.7 Å². The Morgan fingerprint density at radius 3 is 1.33 bits per heavy atom. The van der Waals surface area contributed by atoms with E-state index in [1.807, 2.05) is 0 Å². The van der Waals surface area contributed by atoms with E-state index in [4.69, 9.17) is 51.5 Å². The van der Waals surface area contributed by atoms with E-state index in [0.29, 0.717) is 0 Å². The summed E-state index contributed by atoms with van der Waals surface area (Å²) in [6, 6.07) is 6.01. The third-order valence-electron chi connectivity index (χ3n) is 3.97. The van der Waals surface area contributed by atoms with Gasteiger partial charge >= 0.3 is 5.97 Å². The van der Waals surface area contributed by atoms with Gasteiger partial charge in [-0.25, -0.2) is 4.79 Å². The average Bonchev–Trinajstić information content (AvgIpc) is 2.79. The highest BCUT2D eigenvalue weighted by Crippen LogP contribution is 2.18. The van der Waals surface area contributed by atoms with Crippen LogP contribution in [-0.4, -0.2) is 105 Å². The molecule has 0 unspecified atom stereocenters. The summed E-state index contributed by atoms with van der Waals surface area (Å²) in [7, 11) is 0. The minimum absolute atomic E-state index is 0.00954. The fourth-order valence-corrected chi connectivity index (χ4v) is 1.39. The van der Waals surface area contributed by atoms with Crippen LogP contribution in [0.1, 0.15) is 10.4 Å². The van der Waals surface area contributed by atoms with Gasteiger partial charge in [0, 0.05) is 4.91 Å². The normalized spacial score (nSPS) is 10.7. The van der Waals surface area contributed by atoms with E-state index in [0.717, 1.165) is 0 Å². The third-order valence-corrected chi connectivity index (χ3v) is 3.97. The minimum atomic E-state index is -1.11. The molecule has 0 saturated carbocycles. The van der Waals surface area contributed by atoms with Crippen LogP contribution in [0.25, 0.3) is 10.4 Å². The highest BCUT2D eigenvalue weighted by Gasteiger charge is 2.27. The first kappa shape index (κ1) is 29.9. The van der Waals surface area contributed by atoms with Crippen molar-refractivity contribution in [2.75, 3.05) is 52.9 Å². The van der Waals surface area contributed by atoms with Crippen molar-refractivity contribution in [3.63, 3.8) is 0 Å². The number of carbonyl (C=O) groups is 1. The molecular weight excluding hydrogens is 406 g/mol. The predicted octanol–water partition coefficient (Wildman–Crippen LogP) is -1.79. The van der Waals surface area contributed by atoms with Gasteiger partial charge in [-0.2, -0.15) is 0 Å². The molecule has 0 fully saturated rings. The molecule has 0 amide bonds. The van der Waals surface area contributed by atoms with Crippen molar-refractivity contribution >= 4 is 11.7 Å². The van der Waals surface area contributed by atoms with Crippen LogP contribution in [0.4, 0.5) is 5.69 Å². The first-order valence-electron chi connectivity index (χ1n) is 8.49. The lowest BCUT2D eigenvalue weighted by Crippen LogP contribution is -2.37. The summed E-state index contributed by atoms with van der Waals surface area (Å²) in [6.45, 7) is -3.25. The topological polar surface area (TPSA) is 248 Å². The predicted molar refractivity (Wildman–Crippen MR) is 104 cm³/mol. The second kappa shape index (κ2) is 16.5. The summed E-state index contributed by atoms with van der Waals surface area (Å²) in [6.07, 6.45) is 0. The quantitative estimate of drug-likeness (QED) is 0.113. The number of azide groups is 1. The Hall–Kier alpha value is -2.32. The Kier molecular flexibility index (Phi) is 16.4. The summed E-state index contributed by atoms with van der Waals surface area (Å²) in [5, 5.41) is 79.8. The Labute approximate surface area is 172 Å². The summed E-state index contributed by atoms with van der Waals surface area (Å²) >= 11 is 0. The first-order chi connectivity index (χ1) is 14.2. The van der Waals surface area contributed by atoms with Crippen LogP contribution in [0.2, 0.25) is 0 Å². The molecular formula is C17H29N3O10. The van der Waals surface area contributed by atoms with Gasteiger partial charge in [0.1, 0.15) is 0 Å². The zero-order valence-electron chi connectivity index (χ0n) is 16.2. The number of carboxylic acids is 1. The monoisotopic (exact) mass is 435 g/mol. The van der Waals surface area contributed by atoms with Crippen LogP contribution in [-0.2, 0) is 0 Å². The Bertz CT molecular complexity index is 568. The van der Waals surface area contributed by atoms with Crippen molar-refractivity contribution in [1.82, 2.24) is 0 Å². The number of aromatic carboxylic acids is 1. The number of rotatable bonds is 10. The molecule has 0 aliphatic carbocycles. The molecule has 0 radical (unpaired) electrons. The van der Waals surface area contributed by atoms with Gasteiger partial charge in [-0.05, 0) is 11.6 Å². The molecule has 0 spiro atoms. The summed E-state index contributed by atoms with van der Waals surface area (Å²) in [4.78, 5) is 13.0. The van der Waals surface area contributed by atoms with Gasteiger partial charge in [0.05, 0.1) is 74.9 Å². The van der Waals surface area contributed by atoms with E-state index in [9.17, 15) is 4.79 Å². The number of aliphatic hydroxyl groups is 8. The fourth-order valence-electron chi connectivity index (χ4n) is 1.39. The summed E-state index contributed by atoms with van der Waals surface area (Å²) in [5.41, 5.74) is 6.01. The van der Waals surface area contributed by atoms with E-state index in [1.54, 1.807) is 12.1 Å². The first-order valence-corrected chi connectivity index (χ1v) is 8.49. The molecule has 30 heavy (non-hydrogen) atoms. The maximum Gasteiger partial charge on any atom is 0.336 e. The number of hydrogen-bond acceptors (Lipinski definition) is 10. The van der Waals surface area contributed by atoms with Crippen LogP contribution in [0.15, 0.2) is 29.4 Å². The van der Waals surface area contributed by atoms with Gasteiger partial charge in [-0.15, -0.1) is 0 Å². The molecule has 0 atom stereocenters. The fraction of sp³-hybridized carbons (Fsp3) is 0.588. The number of hydrogen-bond donors (Lipinski definition) is 9. The van der Waals surface area contributed by atoms with Crippen molar-refractivity contribution in [2.45, 2.75) is 0 Å². The molecule has 1 rings (SSSR count). The molecule has 0 aliphatic rings. The van der Waals surface area contributed by atoms with Crippen LogP contribution in [0.5, 0.6) is 0 Å². The van der Waals surface area contributed by atoms with Gasteiger partial charge in [0.2, 0.25) is 0 Å². The number of nitrogens with zero attached hydrogens (tertiary/aromatic N) is 3. The van der Waals surface area contributed by atoms with Crippen LogP contribution >= 0.6 is 0 Å². The van der Waals surface area contributed by atoms with Crippen molar-refractivity contribution in [3.8, 4) is 0 Å². The van der Waals surface area contributed by atoms with Gasteiger partial charge in [-0.3, -0.25) is 0 Å². The van der Waals surface area contributed by atoms with Gasteiger partial charge < -0.3 is 46.0 Å². The molecule has 9 N–H and O–H groups in total. The highest BCUT2D eigenvalue weighted by atomic mass is 16.4. The maximum absolute atomic E-state index is 10.5. The molecule has 1 aromatic carbocycles. The largest absolute Gasteiger partial charge is 0.478 e. The Morgan fingerprint density at radius 1 is 0.767 bits per heavy atom. The lowest BCUT2D eigenvalue weighted by Gasteiger charge is -2.23. The molecule has 0 bridgehead atoms. The zero-order valence-corrected chi connectivity index (χ0v) is 16.2. The number of aliphatic hydroxyl groups excluding tert-OH is 8. The van der Waals surface area contributed by atoms with Gasteiger partial charge in [0.25, 0.3) is 0 Å². The standard InChI is InChI=1S/C7H5N3O2.2C5H12O4/c8-10-9-6-4-2-1-3-5(6)7(11)12;2*6-1-5(2-7,3-8)4-9/h1-4H,(H,11,12);2*6-9H,1-4H2. The van der Waals surface area contributed by atoms with Crippen LogP contribution in [0, 0.1) is 10.8 Å². The van der Waals surface area contributed by atoms with E-state index >= 15 is 0 Å². The Morgan fingerprint density at radius 2 is 1.10 bits per heavy atom. The van der Waals surface area contributed by atoms with E-state index in [-0.39, 0.29) is 11.3 Å². The SMILES string of the molecule is OCC(CO)(CO)CO.OCC(CO)(CO)CO.[N-]=[N+]=Nc1ccccc1C(=O)O.